The second kappa shape index (κ2) is 12.4. The van der Waals surface area contributed by atoms with E-state index in [4.69, 9.17) is 0 Å². The summed E-state index contributed by atoms with van der Waals surface area (Å²) < 4.78 is 0. The van der Waals surface area contributed by atoms with Crippen molar-refractivity contribution < 1.29 is 0 Å². The first kappa shape index (κ1) is 20.6. The summed E-state index contributed by atoms with van der Waals surface area (Å²) in [7, 11) is 0. The minimum absolute atomic E-state index is 0.828. The zero-order chi connectivity index (χ0) is 17.9. The lowest BCUT2D eigenvalue weighted by Gasteiger charge is -2.32. The minimum Gasteiger partial charge on any atom is -0.314 e. The van der Waals surface area contributed by atoms with Crippen LogP contribution in [0.5, 0.6) is 0 Å². The van der Waals surface area contributed by atoms with Crippen molar-refractivity contribution in [3.05, 3.63) is 0 Å². The summed E-state index contributed by atoms with van der Waals surface area (Å²) in [5, 5.41) is 7.91. The topological polar surface area (TPSA) is 24.1 Å². The van der Waals surface area contributed by atoms with E-state index in [0.29, 0.717) is 0 Å². The first-order valence-electron chi connectivity index (χ1n) is 12.4. The fourth-order valence-corrected chi connectivity index (χ4v) is 5.63. The molecule has 3 aliphatic carbocycles. The van der Waals surface area contributed by atoms with E-state index >= 15 is 0 Å². The van der Waals surface area contributed by atoms with Gasteiger partial charge in [0.2, 0.25) is 0 Å². The molecule has 0 heterocycles. The normalized spacial score (nSPS) is 30.9. The van der Waals surface area contributed by atoms with Crippen molar-refractivity contribution in [2.24, 2.45) is 11.8 Å². The molecule has 2 heteroatoms. The molecule has 2 N–H and O–H groups in total. The number of nitrogens with one attached hydrogen (secondary N) is 2. The summed E-state index contributed by atoms with van der Waals surface area (Å²) in [5.74, 6) is 1.91. The highest BCUT2D eigenvalue weighted by molar-refractivity contribution is 4.79. The molecule has 0 aromatic carbocycles. The van der Waals surface area contributed by atoms with Crippen LogP contribution < -0.4 is 10.6 Å². The van der Waals surface area contributed by atoms with Crippen molar-refractivity contribution >= 4 is 0 Å². The van der Waals surface area contributed by atoms with Crippen LogP contribution in [-0.4, -0.2) is 25.2 Å². The lowest BCUT2D eigenvalue weighted by atomic mass is 9.81. The van der Waals surface area contributed by atoms with Crippen LogP contribution in [0.25, 0.3) is 0 Å². The average molecular weight is 363 g/mol. The number of rotatable bonds is 6. The van der Waals surface area contributed by atoms with Gasteiger partial charge in [0, 0.05) is 12.1 Å². The lowest BCUT2D eigenvalue weighted by molar-refractivity contribution is 0.240. The third-order valence-corrected chi connectivity index (χ3v) is 7.57. The molecular formula is C24H46N2. The first-order valence-corrected chi connectivity index (χ1v) is 12.4. The standard InChI is InChI=1S/C24H46N2/c1-3-7-11-23(12-8-4-1)25-19-21-15-17-22(18-16-21)20-26-24-13-9-5-2-6-10-14-24/h21-26H,1-20H2. The van der Waals surface area contributed by atoms with Gasteiger partial charge in [-0.15, -0.1) is 0 Å². The summed E-state index contributed by atoms with van der Waals surface area (Å²) in [6.45, 7) is 2.60. The predicted octanol–water partition coefficient (Wildman–Crippen LogP) is 6.20. The zero-order valence-electron chi connectivity index (χ0n) is 17.5. The van der Waals surface area contributed by atoms with Gasteiger partial charge in [-0.3, -0.25) is 0 Å². The van der Waals surface area contributed by atoms with Gasteiger partial charge < -0.3 is 10.6 Å². The Bertz CT molecular complexity index is 298. The third kappa shape index (κ3) is 7.89. The van der Waals surface area contributed by atoms with E-state index in [0.717, 1.165) is 23.9 Å². The molecule has 3 fully saturated rings. The van der Waals surface area contributed by atoms with Gasteiger partial charge in [0.15, 0.2) is 0 Å². The Labute approximate surface area is 163 Å². The zero-order valence-corrected chi connectivity index (χ0v) is 17.5. The fraction of sp³-hybridized carbons (Fsp3) is 1.00. The molecule has 0 unspecified atom stereocenters. The van der Waals surface area contributed by atoms with Crippen LogP contribution in [0.3, 0.4) is 0 Å². The van der Waals surface area contributed by atoms with Gasteiger partial charge in [-0.2, -0.15) is 0 Å². The van der Waals surface area contributed by atoms with Crippen molar-refractivity contribution in [1.82, 2.24) is 10.6 Å². The van der Waals surface area contributed by atoms with E-state index < -0.39 is 0 Å². The quantitative estimate of drug-likeness (QED) is 0.588. The summed E-state index contributed by atoms with van der Waals surface area (Å²) in [5.41, 5.74) is 0. The van der Waals surface area contributed by atoms with E-state index in [1.165, 1.54) is 129 Å². The van der Waals surface area contributed by atoms with Crippen LogP contribution in [-0.2, 0) is 0 Å². The smallest absolute Gasteiger partial charge is 0.00671 e. The molecule has 0 spiro atoms. The molecule has 2 nitrogen and oxygen atoms in total. The number of hydrogen-bond donors (Lipinski definition) is 2. The second-order valence-corrected chi connectivity index (χ2v) is 9.79. The second-order valence-electron chi connectivity index (χ2n) is 9.79. The highest BCUT2D eigenvalue weighted by atomic mass is 14.9. The maximum Gasteiger partial charge on any atom is 0.00671 e. The highest BCUT2D eigenvalue weighted by Crippen LogP contribution is 2.29. The Morgan fingerprint density at radius 3 is 1.04 bits per heavy atom. The molecule has 0 amide bonds. The summed E-state index contributed by atoms with van der Waals surface area (Å²) in [6.07, 6.45) is 26.3. The Morgan fingerprint density at radius 2 is 0.692 bits per heavy atom. The molecular weight excluding hydrogens is 316 g/mol. The highest BCUT2D eigenvalue weighted by Gasteiger charge is 2.23. The maximum atomic E-state index is 3.95. The van der Waals surface area contributed by atoms with E-state index in [9.17, 15) is 0 Å². The van der Waals surface area contributed by atoms with E-state index in [1.807, 2.05) is 0 Å². The van der Waals surface area contributed by atoms with Gasteiger partial charge in [0.05, 0.1) is 0 Å². The van der Waals surface area contributed by atoms with Crippen molar-refractivity contribution in [3.63, 3.8) is 0 Å². The van der Waals surface area contributed by atoms with Gasteiger partial charge in [-0.05, 0) is 76.3 Å². The molecule has 152 valence electrons. The predicted molar refractivity (Wildman–Crippen MR) is 114 cm³/mol. The van der Waals surface area contributed by atoms with Crippen molar-refractivity contribution in [3.8, 4) is 0 Å². The monoisotopic (exact) mass is 362 g/mol. The maximum absolute atomic E-state index is 3.95. The molecule has 3 aliphatic rings. The molecule has 0 saturated heterocycles. The molecule has 3 rings (SSSR count). The van der Waals surface area contributed by atoms with Crippen LogP contribution in [0.2, 0.25) is 0 Å². The lowest BCUT2D eigenvalue weighted by Crippen LogP contribution is -2.37. The minimum atomic E-state index is 0.828. The van der Waals surface area contributed by atoms with Gasteiger partial charge in [0.25, 0.3) is 0 Å². The first-order chi connectivity index (χ1) is 12.9. The molecule has 0 radical (unpaired) electrons. The van der Waals surface area contributed by atoms with Gasteiger partial charge in [-0.1, -0.05) is 64.2 Å². The fourth-order valence-electron chi connectivity index (χ4n) is 5.63. The molecule has 0 atom stereocenters. The van der Waals surface area contributed by atoms with Crippen LogP contribution in [0.4, 0.5) is 0 Å². The van der Waals surface area contributed by atoms with Crippen LogP contribution in [0, 0.1) is 11.8 Å². The number of hydrogen-bond acceptors (Lipinski definition) is 2. The Kier molecular flexibility index (Phi) is 9.84. The summed E-state index contributed by atoms with van der Waals surface area (Å²) in [6, 6.07) is 1.66. The van der Waals surface area contributed by atoms with Gasteiger partial charge >= 0.3 is 0 Å². The van der Waals surface area contributed by atoms with Crippen LogP contribution >= 0.6 is 0 Å². The largest absolute Gasteiger partial charge is 0.314 e. The van der Waals surface area contributed by atoms with Gasteiger partial charge in [0.1, 0.15) is 0 Å². The van der Waals surface area contributed by atoms with Crippen LogP contribution in [0.1, 0.15) is 116 Å². The van der Waals surface area contributed by atoms with Crippen molar-refractivity contribution in [2.45, 2.75) is 128 Å². The molecule has 0 aromatic rings. The molecule has 26 heavy (non-hydrogen) atoms. The van der Waals surface area contributed by atoms with E-state index in [1.54, 1.807) is 0 Å². The molecule has 0 aliphatic heterocycles. The molecule has 0 bridgehead atoms. The van der Waals surface area contributed by atoms with Gasteiger partial charge in [-0.25, -0.2) is 0 Å². The van der Waals surface area contributed by atoms with E-state index in [2.05, 4.69) is 10.6 Å². The van der Waals surface area contributed by atoms with Crippen molar-refractivity contribution in [1.29, 1.82) is 0 Å². The SMILES string of the molecule is C1CCCC(NCC2CCC(CNC3CCCCCCC3)CC2)CCC1. The Morgan fingerprint density at radius 1 is 0.385 bits per heavy atom. The summed E-state index contributed by atoms with van der Waals surface area (Å²) >= 11 is 0. The Hall–Kier alpha value is -0.0800. The molecule has 3 saturated carbocycles. The van der Waals surface area contributed by atoms with E-state index in [-0.39, 0.29) is 0 Å². The third-order valence-electron chi connectivity index (χ3n) is 7.57. The molecule has 0 aromatic heterocycles. The van der Waals surface area contributed by atoms with Crippen molar-refractivity contribution in [2.75, 3.05) is 13.1 Å². The average Bonchev–Trinajstić information content (AvgIpc) is 2.61. The van der Waals surface area contributed by atoms with Crippen LogP contribution in [0.15, 0.2) is 0 Å². The Balaban J connectivity index is 1.26. The summed E-state index contributed by atoms with van der Waals surface area (Å²) in [4.78, 5) is 0.